The maximum Gasteiger partial charge on any atom is 0.258 e. The van der Waals surface area contributed by atoms with Gasteiger partial charge in [-0.05, 0) is 12.1 Å². The number of H-pyrrole nitrogens is 1. The molecule has 1 aromatic carbocycles. The third-order valence-corrected chi connectivity index (χ3v) is 2.19. The lowest BCUT2D eigenvalue weighted by Crippen LogP contribution is -2.18. The Bertz CT molecular complexity index is 607. The van der Waals surface area contributed by atoms with Crippen molar-refractivity contribution >= 4 is 11.6 Å². The van der Waals surface area contributed by atoms with Crippen LogP contribution in [0.1, 0.15) is 10.4 Å². The summed E-state index contributed by atoms with van der Waals surface area (Å²) in [7, 11) is 0. The van der Waals surface area contributed by atoms with Crippen LogP contribution in [0.15, 0.2) is 47.5 Å². The molecule has 2 aromatic rings. The first-order valence-corrected chi connectivity index (χ1v) is 4.91. The number of hydrogen-bond acceptors (Lipinski definition) is 2. The zero-order valence-corrected chi connectivity index (χ0v) is 8.74. The Hall–Kier alpha value is -2.43. The maximum atomic E-state index is 13.3. The van der Waals surface area contributed by atoms with Gasteiger partial charge in [0.05, 0.1) is 5.56 Å². The third kappa shape index (κ3) is 2.39. The molecule has 0 aliphatic carbocycles. The molecule has 17 heavy (non-hydrogen) atoms. The second kappa shape index (κ2) is 4.61. The molecule has 0 saturated heterocycles. The molecule has 1 amide bonds. The van der Waals surface area contributed by atoms with Crippen molar-refractivity contribution in [3.63, 3.8) is 0 Å². The number of rotatable bonds is 2. The average molecular weight is 232 g/mol. The van der Waals surface area contributed by atoms with E-state index < -0.39 is 11.7 Å². The van der Waals surface area contributed by atoms with Gasteiger partial charge in [0, 0.05) is 18.5 Å². The van der Waals surface area contributed by atoms with Crippen molar-refractivity contribution < 1.29 is 9.18 Å². The predicted molar refractivity (Wildman–Crippen MR) is 61.4 cm³/mol. The first-order chi connectivity index (χ1) is 8.18. The Morgan fingerprint density at radius 2 is 2.00 bits per heavy atom. The Morgan fingerprint density at radius 1 is 1.24 bits per heavy atom. The Balaban J connectivity index is 2.27. The van der Waals surface area contributed by atoms with Crippen LogP contribution in [0.4, 0.5) is 10.1 Å². The molecule has 0 aliphatic heterocycles. The molecule has 5 heteroatoms. The molecular formula is C12H9FN2O2. The van der Waals surface area contributed by atoms with Gasteiger partial charge in [0.1, 0.15) is 11.5 Å². The summed E-state index contributed by atoms with van der Waals surface area (Å²) in [6.07, 6.45) is 2.79. The van der Waals surface area contributed by atoms with E-state index in [1.54, 1.807) is 6.07 Å². The lowest BCUT2D eigenvalue weighted by molar-refractivity contribution is 0.102. The number of halogens is 1. The number of nitrogens with one attached hydrogen (secondary N) is 2. The largest absolute Gasteiger partial charge is 0.366 e. The normalized spacial score (nSPS) is 9.94. The van der Waals surface area contributed by atoms with Crippen LogP contribution >= 0.6 is 0 Å². The van der Waals surface area contributed by atoms with Crippen LogP contribution in [0.5, 0.6) is 0 Å². The van der Waals surface area contributed by atoms with Crippen molar-refractivity contribution in [2.75, 3.05) is 5.32 Å². The number of benzene rings is 1. The molecule has 0 spiro atoms. The van der Waals surface area contributed by atoms with Gasteiger partial charge >= 0.3 is 0 Å². The SMILES string of the molecule is O=C(Nc1c[nH]ccc1=O)c1ccccc1F. The molecule has 0 radical (unpaired) electrons. The van der Waals surface area contributed by atoms with Gasteiger partial charge < -0.3 is 10.3 Å². The van der Waals surface area contributed by atoms with Crippen molar-refractivity contribution in [2.24, 2.45) is 0 Å². The molecule has 0 bridgehead atoms. The lowest BCUT2D eigenvalue weighted by atomic mass is 10.2. The minimum absolute atomic E-state index is 0.0840. The van der Waals surface area contributed by atoms with E-state index in [-0.39, 0.29) is 16.7 Å². The van der Waals surface area contributed by atoms with Gasteiger partial charge in [0.2, 0.25) is 5.43 Å². The highest BCUT2D eigenvalue weighted by Crippen LogP contribution is 2.08. The van der Waals surface area contributed by atoms with Crippen LogP contribution in [0.25, 0.3) is 0 Å². The number of carbonyl (C=O) groups is 1. The highest BCUT2D eigenvalue weighted by atomic mass is 19.1. The minimum atomic E-state index is -0.653. The van der Waals surface area contributed by atoms with Crippen LogP contribution in [-0.2, 0) is 0 Å². The molecule has 4 nitrogen and oxygen atoms in total. The van der Waals surface area contributed by atoms with E-state index >= 15 is 0 Å². The van der Waals surface area contributed by atoms with Crippen molar-refractivity contribution in [3.05, 3.63) is 64.3 Å². The van der Waals surface area contributed by atoms with Crippen molar-refractivity contribution in [3.8, 4) is 0 Å². The topological polar surface area (TPSA) is 62.0 Å². The van der Waals surface area contributed by atoms with Crippen LogP contribution in [-0.4, -0.2) is 10.9 Å². The van der Waals surface area contributed by atoms with E-state index in [0.29, 0.717) is 0 Å². The van der Waals surface area contributed by atoms with E-state index in [2.05, 4.69) is 10.3 Å². The number of hydrogen-bond donors (Lipinski definition) is 2. The second-order valence-electron chi connectivity index (χ2n) is 3.36. The lowest BCUT2D eigenvalue weighted by Gasteiger charge is -2.04. The molecule has 0 fully saturated rings. The summed E-state index contributed by atoms with van der Waals surface area (Å²) in [5, 5.41) is 2.34. The van der Waals surface area contributed by atoms with E-state index in [4.69, 9.17) is 0 Å². The molecule has 1 heterocycles. The molecule has 2 rings (SSSR count). The molecule has 0 unspecified atom stereocenters. The summed E-state index contributed by atoms with van der Waals surface area (Å²) < 4.78 is 13.3. The fourth-order valence-corrected chi connectivity index (χ4v) is 1.35. The first kappa shape index (κ1) is 11.1. The Morgan fingerprint density at radius 3 is 2.71 bits per heavy atom. The van der Waals surface area contributed by atoms with Gasteiger partial charge in [0.15, 0.2) is 0 Å². The highest BCUT2D eigenvalue weighted by molar-refractivity contribution is 6.04. The molecule has 0 saturated carbocycles. The number of amides is 1. The van der Waals surface area contributed by atoms with Gasteiger partial charge in [-0.2, -0.15) is 0 Å². The number of anilines is 1. The van der Waals surface area contributed by atoms with Crippen LogP contribution < -0.4 is 10.7 Å². The quantitative estimate of drug-likeness (QED) is 0.828. The summed E-state index contributed by atoms with van der Waals surface area (Å²) in [6, 6.07) is 6.84. The Kier molecular flexibility index (Phi) is 3.00. The molecule has 0 aliphatic rings. The van der Waals surface area contributed by atoms with Gasteiger partial charge in [-0.3, -0.25) is 9.59 Å². The monoisotopic (exact) mass is 232 g/mol. The second-order valence-corrected chi connectivity index (χ2v) is 3.36. The van der Waals surface area contributed by atoms with E-state index in [1.165, 1.54) is 36.7 Å². The molecule has 0 atom stereocenters. The summed E-state index contributed by atoms with van der Waals surface area (Å²) in [5.41, 5.74) is -0.357. The van der Waals surface area contributed by atoms with Gasteiger partial charge in [-0.25, -0.2) is 4.39 Å². The van der Waals surface area contributed by atoms with Gasteiger partial charge in [-0.15, -0.1) is 0 Å². The smallest absolute Gasteiger partial charge is 0.258 e. The van der Waals surface area contributed by atoms with Crippen molar-refractivity contribution in [1.29, 1.82) is 0 Å². The Labute approximate surface area is 96.1 Å². The average Bonchev–Trinajstić information content (AvgIpc) is 2.32. The van der Waals surface area contributed by atoms with Crippen LogP contribution in [0.2, 0.25) is 0 Å². The van der Waals surface area contributed by atoms with Gasteiger partial charge in [0.25, 0.3) is 5.91 Å². The van der Waals surface area contributed by atoms with Gasteiger partial charge in [-0.1, -0.05) is 12.1 Å². The highest BCUT2D eigenvalue weighted by Gasteiger charge is 2.11. The summed E-state index contributed by atoms with van der Waals surface area (Å²) in [5.74, 6) is -1.28. The molecule has 86 valence electrons. The summed E-state index contributed by atoms with van der Waals surface area (Å²) in [4.78, 5) is 25.7. The van der Waals surface area contributed by atoms with E-state index in [1.807, 2.05) is 0 Å². The zero-order valence-electron chi connectivity index (χ0n) is 8.74. The fourth-order valence-electron chi connectivity index (χ4n) is 1.35. The minimum Gasteiger partial charge on any atom is -0.366 e. The standard InChI is InChI=1S/C12H9FN2O2/c13-9-4-2-1-3-8(9)12(17)15-10-7-14-6-5-11(10)16/h1-7H,(H,14,16)(H,15,17). The number of carbonyl (C=O) groups excluding carboxylic acids is 1. The van der Waals surface area contributed by atoms with Crippen LogP contribution in [0, 0.1) is 5.82 Å². The predicted octanol–water partition coefficient (Wildman–Crippen LogP) is 1.77. The third-order valence-electron chi connectivity index (χ3n) is 2.19. The fraction of sp³-hybridized carbons (Fsp3) is 0. The maximum absolute atomic E-state index is 13.3. The zero-order chi connectivity index (χ0) is 12.3. The summed E-state index contributed by atoms with van der Waals surface area (Å²) in [6.45, 7) is 0. The summed E-state index contributed by atoms with van der Waals surface area (Å²) >= 11 is 0. The van der Waals surface area contributed by atoms with E-state index in [9.17, 15) is 14.0 Å². The first-order valence-electron chi connectivity index (χ1n) is 4.91. The molecular weight excluding hydrogens is 223 g/mol. The number of aromatic nitrogens is 1. The van der Waals surface area contributed by atoms with E-state index in [0.717, 1.165) is 0 Å². The molecule has 2 N–H and O–H groups in total. The molecule has 1 aromatic heterocycles. The van der Waals surface area contributed by atoms with Crippen molar-refractivity contribution in [1.82, 2.24) is 4.98 Å². The van der Waals surface area contributed by atoms with Crippen molar-refractivity contribution in [2.45, 2.75) is 0 Å². The number of pyridine rings is 1. The van der Waals surface area contributed by atoms with Crippen LogP contribution in [0.3, 0.4) is 0 Å². The number of aromatic amines is 1.